The fraction of sp³-hybridized carbons (Fsp3) is 0.889. The summed E-state index contributed by atoms with van der Waals surface area (Å²) in [5.74, 6) is 0. The second kappa shape index (κ2) is 16.9. The fourth-order valence-corrected chi connectivity index (χ4v) is 1.29. The van der Waals surface area contributed by atoms with Crippen molar-refractivity contribution < 1.29 is 29.6 Å². The van der Waals surface area contributed by atoms with Crippen molar-refractivity contribution in [2.24, 2.45) is 5.73 Å². The van der Waals surface area contributed by atoms with Crippen LogP contribution in [0.3, 0.4) is 0 Å². The number of thiocarbonyl (C=S) groups is 1. The molecule has 0 saturated carbocycles. The average Bonchev–Trinajstić information content (AvgIpc) is 2.25. The predicted octanol–water partition coefficient (Wildman–Crippen LogP) is -4.86. The summed E-state index contributed by atoms with van der Waals surface area (Å²) in [5, 5.41) is 12.7. The zero-order chi connectivity index (χ0) is 12.1. The maximum atomic E-state index is 5.34. The molecule has 96 valence electrons. The average molecular weight is 287 g/mol. The summed E-state index contributed by atoms with van der Waals surface area (Å²) in [6.07, 6.45) is 0. The van der Waals surface area contributed by atoms with Crippen LogP contribution in [0.4, 0.5) is 0 Å². The van der Waals surface area contributed by atoms with E-state index in [1.165, 1.54) is 0 Å². The minimum atomic E-state index is 0. The van der Waals surface area contributed by atoms with Gasteiger partial charge in [0.2, 0.25) is 0 Å². The van der Waals surface area contributed by atoms with Crippen LogP contribution in [0.25, 0.3) is 0 Å². The molecule has 0 aromatic carbocycles. The first kappa shape index (κ1) is 20.3. The number of nitrogens with one attached hydrogen (secondary N) is 4. The molecule has 0 rings (SSSR count). The monoisotopic (exact) mass is 287 g/mol. The Labute approximate surface area is 137 Å². The smallest absolute Gasteiger partial charge is 0.412 e. The third kappa shape index (κ3) is 19.5. The molecule has 0 atom stereocenters. The van der Waals surface area contributed by atoms with Crippen molar-refractivity contribution in [2.75, 3.05) is 52.4 Å². The Balaban J connectivity index is 0. The SMILES string of the molecule is NCCNCCNCCNCCNC(=S)[S-].[Na+]. The van der Waals surface area contributed by atoms with E-state index in [2.05, 4.69) is 21.3 Å². The molecule has 0 aromatic rings. The summed E-state index contributed by atoms with van der Waals surface area (Å²) >= 11 is 9.43. The van der Waals surface area contributed by atoms with Gasteiger partial charge in [0, 0.05) is 52.4 Å². The summed E-state index contributed by atoms with van der Waals surface area (Å²) in [7, 11) is 0. The largest absolute Gasteiger partial charge is 1.00 e. The van der Waals surface area contributed by atoms with Crippen LogP contribution in [-0.4, -0.2) is 56.7 Å². The van der Waals surface area contributed by atoms with Gasteiger partial charge in [0.05, 0.1) is 0 Å². The van der Waals surface area contributed by atoms with Gasteiger partial charge in [0.15, 0.2) is 0 Å². The third-order valence-corrected chi connectivity index (χ3v) is 2.14. The first-order valence-electron chi connectivity index (χ1n) is 5.54. The molecule has 0 heterocycles. The molecule has 0 saturated heterocycles. The van der Waals surface area contributed by atoms with E-state index < -0.39 is 0 Å². The van der Waals surface area contributed by atoms with E-state index in [-0.39, 0.29) is 29.6 Å². The van der Waals surface area contributed by atoms with Gasteiger partial charge >= 0.3 is 29.6 Å². The Hall–Kier alpha value is 0.950. The van der Waals surface area contributed by atoms with Gasteiger partial charge < -0.3 is 51.8 Å². The summed E-state index contributed by atoms with van der Waals surface area (Å²) in [4.78, 5) is 0. The Morgan fingerprint density at radius 1 is 0.882 bits per heavy atom. The second-order valence-corrected chi connectivity index (χ2v) is 4.33. The number of nitrogens with two attached hydrogens (primary N) is 1. The van der Waals surface area contributed by atoms with E-state index in [4.69, 9.17) is 30.6 Å². The molecule has 0 amide bonds. The van der Waals surface area contributed by atoms with Crippen LogP contribution >= 0.6 is 12.2 Å². The van der Waals surface area contributed by atoms with Crippen LogP contribution in [0.1, 0.15) is 0 Å². The molecular formula is C9H22N5NaS2. The Kier molecular flexibility index (Phi) is 20.2. The standard InChI is InChI=1S/C9H23N5S2.Na/c10-1-2-11-3-4-12-5-6-13-7-8-14-9(15)16;/h11-13H,1-8,10H2,(H2,14,15,16);/q;+1/p-1. The van der Waals surface area contributed by atoms with Crippen molar-refractivity contribution >= 4 is 29.2 Å². The molecule has 17 heavy (non-hydrogen) atoms. The number of hydrogen-bond acceptors (Lipinski definition) is 6. The van der Waals surface area contributed by atoms with Crippen molar-refractivity contribution in [2.45, 2.75) is 0 Å². The molecule has 0 aromatic heterocycles. The van der Waals surface area contributed by atoms with Gasteiger partial charge in [-0.05, 0) is 0 Å². The van der Waals surface area contributed by atoms with Crippen molar-refractivity contribution in [1.82, 2.24) is 21.3 Å². The summed E-state index contributed by atoms with van der Waals surface area (Å²) in [6, 6.07) is 0. The van der Waals surface area contributed by atoms with Crippen LogP contribution in [0, 0.1) is 0 Å². The molecule has 0 unspecified atom stereocenters. The molecule has 5 nitrogen and oxygen atoms in total. The maximum Gasteiger partial charge on any atom is 1.00 e. The van der Waals surface area contributed by atoms with E-state index in [1.54, 1.807) is 0 Å². The molecule has 0 spiro atoms. The Morgan fingerprint density at radius 2 is 1.29 bits per heavy atom. The van der Waals surface area contributed by atoms with Crippen LogP contribution in [0.5, 0.6) is 0 Å². The molecule has 0 fully saturated rings. The normalized spacial score (nSPS) is 9.71. The van der Waals surface area contributed by atoms with Crippen LogP contribution in [-0.2, 0) is 12.6 Å². The maximum absolute atomic E-state index is 5.34. The van der Waals surface area contributed by atoms with E-state index in [0.29, 0.717) is 10.9 Å². The van der Waals surface area contributed by atoms with Gasteiger partial charge in [-0.15, -0.1) is 0 Å². The molecule has 0 bridgehead atoms. The molecule has 0 aliphatic heterocycles. The third-order valence-electron chi connectivity index (χ3n) is 1.85. The van der Waals surface area contributed by atoms with Gasteiger partial charge in [-0.25, -0.2) is 0 Å². The van der Waals surface area contributed by atoms with E-state index >= 15 is 0 Å². The first-order valence-corrected chi connectivity index (χ1v) is 6.36. The van der Waals surface area contributed by atoms with Gasteiger partial charge in [-0.2, -0.15) is 0 Å². The Bertz CT molecular complexity index is 173. The van der Waals surface area contributed by atoms with Crippen molar-refractivity contribution in [3.8, 4) is 0 Å². The van der Waals surface area contributed by atoms with Gasteiger partial charge in [0.1, 0.15) is 0 Å². The van der Waals surface area contributed by atoms with Gasteiger partial charge in [-0.1, -0.05) is 4.32 Å². The molecular weight excluding hydrogens is 265 g/mol. The number of hydrogen-bond donors (Lipinski definition) is 5. The summed E-state index contributed by atoms with van der Waals surface area (Å²) in [6.45, 7) is 7.08. The zero-order valence-corrected chi connectivity index (χ0v) is 14.2. The molecule has 0 aliphatic rings. The summed E-state index contributed by atoms with van der Waals surface area (Å²) in [5.41, 5.74) is 5.34. The second-order valence-electron chi connectivity index (χ2n) is 3.25. The quantitative estimate of drug-likeness (QED) is 0.113. The van der Waals surface area contributed by atoms with Crippen LogP contribution in [0.15, 0.2) is 0 Å². The van der Waals surface area contributed by atoms with Gasteiger partial charge in [-0.3, -0.25) is 0 Å². The van der Waals surface area contributed by atoms with Crippen molar-refractivity contribution in [3.05, 3.63) is 0 Å². The van der Waals surface area contributed by atoms with E-state index in [0.717, 1.165) is 45.8 Å². The molecule has 6 N–H and O–H groups in total. The van der Waals surface area contributed by atoms with E-state index in [9.17, 15) is 0 Å². The molecule has 0 aliphatic carbocycles. The zero-order valence-electron chi connectivity index (χ0n) is 10.6. The van der Waals surface area contributed by atoms with Crippen molar-refractivity contribution in [1.29, 1.82) is 0 Å². The van der Waals surface area contributed by atoms with Crippen molar-refractivity contribution in [3.63, 3.8) is 0 Å². The predicted molar refractivity (Wildman–Crippen MR) is 75.6 cm³/mol. The molecule has 0 radical (unpaired) electrons. The number of rotatable bonds is 11. The van der Waals surface area contributed by atoms with Gasteiger partial charge in [0.25, 0.3) is 0 Å². The minimum absolute atomic E-state index is 0. The van der Waals surface area contributed by atoms with E-state index in [1.807, 2.05) is 0 Å². The topological polar surface area (TPSA) is 74.1 Å². The van der Waals surface area contributed by atoms with Crippen LogP contribution in [0.2, 0.25) is 0 Å². The fourth-order valence-electron chi connectivity index (χ4n) is 1.08. The first-order chi connectivity index (χ1) is 7.77. The summed E-state index contributed by atoms with van der Waals surface area (Å²) < 4.78 is 0.436. The minimum Gasteiger partial charge on any atom is -0.412 e. The Morgan fingerprint density at radius 3 is 1.71 bits per heavy atom. The molecule has 8 heteroatoms. The van der Waals surface area contributed by atoms with Crippen LogP contribution < -0.4 is 56.6 Å².